The normalized spacial score (nSPS) is 24.0. The number of hydrogen-bond acceptors (Lipinski definition) is 2. The van der Waals surface area contributed by atoms with Gasteiger partial charge >= 0.3 is 0 Å². The molecule has 2 aromatic carbocycles. The lowest BCUT2D eigenvalue weighted by atomic mass is 9.99. The van der Waals surface area contributed by atoms with Gasteiger partial charge in [-0.1, -0.05) is 54.6 Å². The van der Waals surface area contributed by atoms with Crippen LogP contribution in [0.2, 0.25) is 0 Å². The second kappa shape index (κ2) is 7.01. The number of nitrogens with zero attached hydrogens (tertiary/aromatic N) is 1. The summed E-state index contributed by atoms with van der Waals surface area (Å²) in [6, 6.07) is 19.2. The van der Waals surface area contributed by atoms with Gasteiger partial charge in [0.25, 0.3) is 0 Å². The molecular formula is C22H26N2O. The molecule has 1 fully saturated rings. The minimum absolute atomic E-state index is 0.121. The van der Waals surface area contributed by atoms with Crippen LogP contribution in [0.25, 0.3) is 0 Å². The fourth-order valence-corrected chi connectivity index (χ4v) is 4.38. The Morgan fingerprint density at radius 2 is 1.72 bits per heavy atom. The van der Waals surface area contributed by atoms with Crippen molar-refractivity contribution in [2.75, 3.05) is 13.1 Å². The monoisotopic (exact) mass is 334 g/mol. The lowest BCUT2D eigenvalue weighted by Gasteiger charge is -2.31. The number of nitrogens with one attached hydrogen (secondary N) is 1. The molecule has 3 heteroatoms. The van der Waals surface area contributed by atoms with E-state index in [1.807, 2.05) is 37.3 Å². The number of hydrogen-bond donors (Lipinski definition) is 1. The molecule has 4 rings (SSSR count). The van der Waals surface area contributed by atoms with Crippen LogP contribution in [-0.2, 0) is 11.2 Å². The van der Waals surface area contributed by atoms with E-state index in [0.29, 0.717) is 6.04 Å². The Morgan fingerprint density at radius 1 is 1.04 bits per heavy atom. The molecule has 0 radical (unpaired) electrons. The standard InChI is InChI=1S/C22H26N2O/c1-16(17-9-3-2-4-10-17)22(25)23-20-15-18-11-5-6-12-19(18)21(20)24-13-7-8-14-24/h2-6,9-12,16,20-21H,7-8,13-15H2,1H3,(H,23,25). The number of carbonyl (C=O) groups is 1. The second-order valence-electron chi connectivity index (χ2n) is 7.34. The molecule has 1 saturated heterocycles. The maximum Gasteiger partial charge on any atom is 0.227 e. The summed E-state index contributed by atoms with van der Waals surface area (Å²) in [6.07, 6.45) is 3.46. The summed E-state index contributed by atoms with van der Waals surface area (Å²) in [5.41, 5.74) is 3.87. The van der Waals surface area contributed by atoms with Gasteiger partial charge in [-0.2, -0.15) is 0 Å². The van der Waals surface area contributed by atoms with Crippen molar-refractivity contribution in [3.05, 3.63) is 71.3 Å². The molecule has 0 spiro atoms. The van der Waals surface area contributed by atoms with E-state index >= 15 is 0 Å². The molecule has 130 valence electrons. The summed E-state index contributed by atoms with van der Waals surface area (Å²) >= 11 is 0. The van der Waals surface area contributed by atoms with Crippen LogP contribution in [0.15, 0.2) is 54.6 Å². The van der Waals surface area contributed by atoms with E-state index in [9.17, 15) is 4.79 Å². The third-order valence-electron chi connectivity index (χ3n) is 5.75. The zero-order valence-electron chi connectivity index (χ0n) is 14.8. The number of benzene rings is 2. The predicted molar refractivity (Wildman–Crippen MR) is 100 cm³/mol. The number of fused-ring (bicyclic) bond motifs is 1. The van der Waals surface area contributed by atoms with Gasteiger partial charge in [0, 0.05) is 0 Å². The van der Waals surface area contributed by atoms with Crippen molar-refractivity contribution in [3.63, 3.8) is 0 Å². The molecule has 25 heavy (non-hydrogen) atoms. The molecule has 0 aromatic heterocycles. The maximum absolute atomic E-state index is 12.9. The van der Waals surface area contributed by atoms with Crippen LogP contribution in [-0.4, -0.2) is 29.9 Å². The third kappa shape index (κ3) is 3.21. The van der Waals surface area contributed by atoms with Crippen LogP contribution < -0.4 is 5.32 Å². The summed E-state index contributed by atoms with van der Waals surface area (Å²) < 4.78 is 0. The van der Waals surface area contributed by atoms with Crippen LogP contribution in [0.3, 0.4) is 0 Å². The first-order valence-electron chi connectivity index (χ1n) is 9.41. The summed E-state index contributed by atoms with van der Waals surface area (Å²) in [5, 5.41) is 3.37. The zero-order chi connectivity index (χ0) is 17.2. The van der Waals surface area contributed by atoms with Crippen molar-refractivity contribution >= 4 is 5.91 Å². The molecule has 1 aliphatic heterocycles. The van der Waals surface area contributed by atoms with Crippen molar-refractivity contribution < 1.29 is 4.79 Å². The van der Waals surface area contributed by atoms with Gasteiger partial charge in [0.2, 0.25) is 5.91 Å². The molecule has 3 nitrogen and oxygen atoms in total. The average molecular weight is 334 g/mol. The quantitative estimate of drug-likeness (QED) is 0.925. The zero-order valence-corrected chi connectivity index (χ0v) is 14.8. The Kier molecular flexibility index (Phi) is 4.58. The van der Waals surface area contributed by atoms with Crippen molar-refractivity contribution in [2.45, 2.75) is 44.2 Å². The molecule has 0 saturated carbocycles. The van der Waals surface area contributed by atoms with Crippen molar-refractivity contribution in [1.82, 2.24) is 10.2 Å². The molecule has 1 N–H and O–H groups in total. The highest BCUT2D eigenvalue weighted by atomic mass is 16.1. The van der Waals surface area contributed by atoms with Gasteiger partial charge in [0.15, 0.2) is 0 Å². The lowest BCUT2D eigenvalue weighted by molar-refractivity contribution is -0.123. The minimum atomic E-state index is -0.121. The van der Waals surface area contributed by atoms with Gasteiger partial charge in [-0.3, -0.25) is 9.69 Å². The highest BCUT2D eigenvalue weighted by Crippen LogP contribution is 2.38. The van der Waals surface area contributed by atoms with E-state index in [4.69, 9.17) is 0 Å². The summed E-state index contributed by atoms with van der Waals surface area (Å²) in [7, 11) is 0. The number of carbonyl (C=O) groups excluding carboxylic acids is 1. The highest BCUT2D eigenvalue weighted by Gasteiger charge is 2.38. The van der Waals surface area contributed by atoms with Crippen LogP contribution in [0.4, 0.5) is 0 Å². The van der Waals surface area contributed by atoms with E-state index in [1.165, 1.54) is 24.0 Å². The van der Waals surface area contributed by atoms with E-state index in [2.05, 4.69) is 34.5 Å². The molecule has 1 aliphatic carbocycles. The summed E-state index contributed by atoms with van der Waals surface area (Å²) in [4.78, 5) is 15.4. The van der Waals surface area contributed by atoms with Crippen molar-refractivity contribution in [1.29, 1.82) is 0 Å². The first kappa shape index (κ1) is 16.3. The van der Waals surface area contributed by atoms with E-state index in [-0.39, 0.29) is 17.9 Å². The Morgan fingerprint density at radius 3 is 2.48 bits per heavy atom. The molecule has 1 amide bonds. The van der Waals surface area contributed by atoms with E-state index < -0.39 is 0 Å². The first-order chi connectivity index (χ1) is 12.2. The Bertz CT molecular complexity index is 737. The SMILES string of the molecule is CC(C(=O)NC1Cc2ccccc2C1N1CCCC1)c1ccccc1. The molecule has 1 heterocycles. The minimum Gasteiger partial charge on any atom is -0.351 e. The van der Waals surface area contributed by atoms with Crippen LogP contribution in [0.5, 0.6) is 0 Å². The highest BCUT2D eigenvalue weighted by molar-refractivity contribution is 5.83. The van der Waals surface area contributed by atoms with Crippen molar-refractivity contribution in [3.8, 4) is 0 Å². The molecule has 3 atom stereocenters. The Labute approximate surface area is 150 Å². The third-order valence-corrected chi connectivity index (χ3v) is 5.75. The Balaban J connectivity index is 1.54. The predicted octanol–water partition coefficient (Wildman–Crippen LogP) is 3.67. The maximum atomic E-state index is 12.9. The number of amides is 1. The average Bonchev–Trinajstić information content (AvgIpc) is 3.28. The molecule has 3 unspecified atom stereocenters. The first-order valence-corrected chi connectivity index (χ1v) is 9.41. The van der Waals surface area contributed by atoms with Gasteiger partial charge < -0.3 is 5.32 Å². The molecule has 0 bridgehead atoms. The largest absolute Gasteiger partial charge is 0.351 e. The molecular weight excluding hydrogens is 308 g/mol. The topological polar surface area (TPSA) is 32.3 Å². The summed E-state index contributed by atoms with van der Waals surface area (Å²) in [5.74, 6) is 0.0114. The van der Waals surface area contributed by atoms with Gasteiger partial charge in [-0.05, 0) is 56.0 Å². The van der Waals surface area contributed by atoms with Gasteiger partial charge in [-0.25, -0.2) is 0 Å². The van der Waals surface area contributed by atoms with Crippen molar-refractivity contribution in [2.24, 2.45) is 0 Å². The molecule has 2 aromatic rings. The van der Waals surface area contributed by atoms with Crippen LogP contribution >= 0.6 is 0 Å². The Hall–Kier alpha value is -2.13. The number of likely N-dealkylation sites (tertiary alicyclic amines) is 1. The van der Waals surface area contributed by atoms with Gasteiger partial charge in [0.05, 0.1) is 18.0 Å². The smallest absolute Gasteiger partial charge is 0.227 e. The van der Waals surface area contributed by atoms with E-state index in [0.717, 1.165) is 25.1 Å². The second-order valence-corrected chi connectivity index (χ2v) is 7.34. The van der Waals surface area contributed by atoms with E-state index in [1.54, 1.807) is 0 Å². The molecule has 2 aliphatic rings. The fourth-order valence-electron chi connectivity index (χ4n) is 4.38. The number of rotatable bonds is 4. The summed E-state index contributed by atoms with van der Waals surface area (Å²) in [6.45, 7) is 4.27. The fraction of sp³-hybridized carbons (Fsp3) is 0.409. The van der Waals surface area contributed by atoms with Crippen LogP contribution in [0.1, 0.15) is 48.4 Å². The van der Waals surface area contributed by atoms with Crippen LogP contribution in [0, 0.1) is 0 Å². The van der Waals surface area contributed by atoms with Gasteiger partial charge in [0.1, 0.15) is 0 Å². The van der Waals surface area contributed by atoms with Gasteiger partial charge in [-0.15, -0.1) is 0 Å². The lowest BCUT2D eigenvalue weighted by Crippen LogP contribution is -2.45.